The van der Waals surface area contributed by atoms with Crippen molar-refractivity contribution >= 4 is 23.9 Å². The van der Waals surface area contributed by atoms with Crippen LogP contribution in [0.15, 0.2) is 24.3 Å². The molecule has 0 radical (unpaired) electrons. The number of methoxy groups -OCH3 is 5. The molecule has 1 fully saturated rings. The monoisotopic (exact) mass is 410 g/mol. The third kappa shape index (κ3) is 3.63. The average molecular weight is 410 g/mol. The van der Waals surface area contributed by atoms with E-state index in [4.69, 9.17) is 28.4 Å². The van der Waals surface area contributed by atoms with Crippen LogP contribution in [0, 0.1) is 11.8 Å². The van der Waals surface area contributed by atoms with Crippen LogP contribution in [0.4, 0.5) is 0 Å². The molecule has 1 heterocycles. The molecule has 0 saturated carbocycles. The Kier molecular flexibility index (Phi) is 6.80. The van der Waals surface area contributed by atoms with Gasteiger partial charge in [-0.2, -0.15) is 0 Å². The molecule has 0 unspecified atom stereocenters. The van der Waals surface area contributed by atoms with Gasteiger partial charge in [0.1, 0.15) is 17.6 Å². The Labute approximate surface area is 166 Å². The van der Waals surface area contributed by atoms with Crippen LogP contribution in [-0.4, -0.2) is 65.0 Å². The van der Waals surface area contributed by atoms with Crippen LogP contribution in [0.25, 0.3) is 0 Å². The Morgan fingerprint density at radius 1 is 0.793 bits per heavy atom. The van der Waals surface area contributed by atoms with Crippen molar-refractivity contribution in [3.05, 3.63) is 29.8 Å². The van der Waals surface area contributed by atoms with Gasteiger partial charge in [0.25, 0.3) is 5.60 Å². The molecule has 29 heavy (non-hydrogen) atoms. The Bertz CT molecular complexity index is 769. The summed E-state index contributed by atoms with van der Waals surface area (Å²) >= 11 is 0. The Hall–Kier alpha value is -3.14. The van der Waals surface area contributed by atoms with Gasteiger partial charge in [0, 0.05) is 0 Å². The van der Waals surface area contributed by atoms with E-state index in [-0.39, 0.29) is 0 Å². The third-order valence-electron chi connectivity index (χ3n) is 4.79. The summed E-state index contributed by atoms with van der Waals surface area (Å²) < 4.78 is 29.9. The first-order valence-corrected chi connectivity index (χ1v) is 8.46. The van der Waals surface area contributed by atoms with E-state index >= 15 is 0 Å². The van der Waals surface area contributed by atoms with E-state index < -0.39 is 47.4 Å². The average Bonchev–Trinajstić information content (AvgIpc) is 3.14. The first-order chi connectivity index (χ1) is 13.8. The largest absolute Gasteiger partial charge is 0.497 e. The lowest BCUT2D eigenvalue weighted by Gasteiger charge is -2.27. The lowest BCUT2D eigenvalue weighted by Crippen LogP contribution is -2.56. The molecule has 10 nitrogen and oxygen atoms in total. The lowest BCUT2D eigenvalue weighted by atomic mass is 9.77. The van der Waals surface area contributed by atoms with Crippen LogP contribution in [-0.2, 0) is 42.9 Å². The topological polar surface area (TPSA) is 124 Å². The van der Waals surface area contributed by atoms with Gasteiger partial charge in [0.15, 0.2) is 0 Å². The van der Waals surface area contributed by atoms with Crippen molar-refractivity contribution in [2.75, 3.05) is 35.5 Å². The fraction of sp³-hybridized carbons (Fsp3) is 0.474. The summed E-state index contributed by atoms with van der Waals surface area (Å²) in [6, 6.07) is 6.32. The van der Waals surface area contributed by atoms with Crippen molar-refractivity contribution in [2.24, 2.45) is 11.8 Å². The van der Waals surface area contributed by atoms with Crippen molar-refractivity contribution in [2.45, 2.75) is 11.7 Å². The molecule has 0 aliphatic carbocycles. The number of rotatable bonds is 6. The van der Waals surface area contributed by atoms with E-state index in [0.717, 1.165) is 28.4 Å². The molecular formula is C19H22O10. The second-order valence-electron chi connectivity index (χ2n) is 6.08. The molecular weight excluding hydrogens is 388 g/mol. The Balaban J connectivity index is 2.73. The van der Waals surface area contributed by atoms with Gasteiger partial charge in [-0.15, -0.1) is 0 Å². The van der Waals surface area contributed by atoms with Crippen LogP contribution < -0.4 is 4.74 Å². The molecule has 1 saturated heterocycles. The summed E-state index contributed by atoms with van der Waals surface area (Å²) in [5.41, 5.74) is -2.16. The van der Waals surface area contributed by atoms with Gasteiger partial charge in [0.2, 0.25) is 0 Å². The number of esters is 4. The number of hydrogen-bond donors (Lipinski definition) is 0. The number of hydrogen-bond acceptors (Lipinski definition) is 10. The summed E-state index contributed by atoms with van der Waals surface area (Å²) in [6.45, 7) is 0. The zero-order chi connectivity index (χ0) is 21.8. The first kappa shape index (κ1) is 22.2. The van der Waals surface area contributed by atoms with Crippen LogP contribution >= 0.6 is 0 Å². The molecule has 0 amide bonds. The Morgan fingerprint density at radius 2 is 1.31 bits per heavy atom. The van der Waals surface area contributed by atoms with Crippen molar-refractivity contribution < 1.29 is 47.6 Å². The van der Waals surface area contributed by atoms with Crippen molar-refractivity contribution in [3.8, 4) is 5.75 Å². The number of ether oxygens (including phenoxy) is 6. The zero-order valence-corrected chi connectivity index (χ0v) is 16.6. The minimum absolute atomic E-state index is 0.393. The SMILES string of the molecule is COC(=O)[C@@H]1[C@@H](c2ccc(OC)cc2)OC(C(=O)OC)(C(=O)OC)[C@@H]1C(=O)OC. The van der Waals surface area contributed by atoms with E-state index in [1.54, 1.807) is 24.3 Å². The number of carbonyl (C=O) groups is 4. The molecule has 0 N–H and O–H groups in total. The zero-order valence-electron chi connectivity index (χ0n) is 16.6. The van der Waals surface area contributed by atoms with Gasteiger partial charge in [-0.25, -0.2) is 9.59 Å². The molecule has 158 valence electrons. The maximum absolute atomic E-state index is 12.7. The van der Waals surface area contributed by atoms with Gasteiger partial charge in [0.05, 0.1) is 41.7 Å². The molecule has 0 spiro atoms. The fourth-order valence-corrected chi connectivity index (χ4v) is 3.42. The molecule has 1 aliphatic rings. The van der Waals surface area contributed by atoms with Gasteiger partial charge in [-0.3, -0.25) is 9.59 Å². The Morgan fingerprint density at radius 3 is 1.72 bits per heavy atom. The molecule has 0 aromatic heterocycles. The molecule has 1 aromatic rings. The first-order valence-electron chi connectivity index (χ1n) is 8.46. The molecule has 1 aliphatic heterocycles. The van der Waals surface area contributed by atoms with Crippen LogP contribution in [0.5, 0.6) is 5.75 Å². The third-order valence-corrected chi connectivity index (χ3v) is 4.79. The van der Waals surface area contributed by atoms with Gasteiger partial charge in [-0.1, -0.05) is 12.1 Å². The highest BCUT2D eigenvalue weighted by atomic mass is 16.6. The normalized spacial score (nSPS) is 22.3. The summed E-state index contributed by atoms with van der Waals surface area (Å²) in [7, 11) is 5.66. The lowest BCUT2D eigenvalue weighted by molar-refractivity contribution is -0.194. The fourth-order valence-electron chi connectivity index (χ4n) is 3.42. The number of carbonyl (C=O) groups excluding carboxylic acids is 4. The second-order valence-corrected chi connectivity index (χ2v) is 6.08. The minimum Gasteiger partial charge on any atom is -0.497 e. The summed E-state index contributed by atoms with van der Waals surface area (Å²) in [5.74, 6) is -6.89. The predicted octanol–water partition coefficient (Wildman–Crippen LogP) is 0.430. The standard InChI is InChI=1S/C19H22O10/c1-24-11-8-6-10(7-9-11)14-12(15(20)25-2)13(16(21)26-3)19(29-14,17(22)27-4)18(23)28-5/h6-9,12-14H,1-5H3/t12-,13-,14+/m0/s1. The van der Waals surface area contributed by atoms with Crippen LogP contribution in [0.1, 0.15) is 11.7 Å². The smallest absolute Gasteiger partial charge is 0.351 e. The number of benzene rings is 1. The van der Waals surface area contributed by atoms with E-state index in [1.807, 2.05) is 0 Å². The highest BCUT2D eigenvalue weighted by molar-refractivity contribution is 6.09. The molecule has 3 atom stereocenters. The highest BCUT2D eigenvalue weighted by Crippen LogP contribution is 2.50. The van der Waals surface area contributed by atoms with E-state index in [0.29, 0.717) is 11.3 Å². The van der Waals surface area contributed by atoms with Crippen molar-refractivity contribution in [1.29, 1.82) is 0 Å². The van der Waals surface area contributed by atoms with Crippen molar-refractivity contribution in [3.63, 3.8) is 0 Å². The van der Waals surface area contributed by atoms with E-state index in [1.165, 1.54) is 7.11 Å². The summed E-state index contributed by atoms with van der Waals surface area (Å²) in [5, 5.41) is 0. The predicted molar refractivity (Wildman–Crippen MR) is 94.6 cm³/mol. The molecule has 1 aromatic carbocycles. The highest BCUT2D eigenvalue weighted by Gasteiger charge is 2.71. The van der Waals surface area contributed by atoms with Gasteiger partial charge >= 0.3 is 23.9 Å². The maximum atomic E-state index is 12.7. The molecule has 10 heteroatoms. The summed E-state index contributed by atoms with van der Waals surface area (Å²) in [6.07, 6.45) is -1.21. The summed E-state index contributed by atoms with van der Waals surface area (Å²) in [4.78, 5) is 50.6. The second kappa shape index (κ2) is 8.91. The van der Waals surface area contributed by atoms with Crippen molar-refractivity contribution in [1.82, 2.24) is 0 Å². The van der Waals surface area contributed by atoms with E-state index in [9.17, 15) is 19.2 Å². The molecule has 2 rings (SSSR count). The van der Waals surface area contributed by atoms with Gasteiger partial charge < -0.3 is 28.4 Å². The molecule has 0 bridgehead atoms. The van der Waals surface area contributed by atoms with E-state index in [2.05, 4.69) is 0 Å². The minimum atomic E-state index is -2.56. The van der Waals surface area contributed by atoms with Crippen LogP contribution in [0.2, 0.25) is 0 Å². The quantitative estimate of drug-likeness (QED) is 0.370. The van der Waals surface area contributed by atoms with Gasteiger partial charge in [-0.05, 0) is 17.7 Å². The maximum Gasteiger partial charge on any atom is 0.351 e. The van der Waals surface area contributed by atoms with Crippen LogP contribution in [0.3, 0.4) is 0 Å².